The predicted octanol–water partition coefficient (Wildman–Crippen LogP) is 1.15. The average Bonchev–Trinajstić information content (AvgIpc) is 2.39. The summed E-state index contributed by atoms with van der Waals surface area (Å²) in [4.78, 5) is 11.5. The van der Waals surface area contributed by atoms with Crippen LogP contribution in [0.15, 0.2) is 23.1 Å². The van der Waals surface area contributed by atoms with Gasteiger partial charge in [0.15, 0.2) is 0 Å². The Kier molecular flexibility index (Phi) is 4.90. The Morgan fingerprint density at radius 2 is 1.82 bits per heavy atom. The summed E-state index contributed by atoms with van der Waals surface area (Å²) in [7, 11) is -2.50. The minimum Gasteiger partial charge on any atom is -0.373 e. The fourth-order valence-electron chi connectivity index (χ4n) is 1.43. The highest BCUT2D eigenvalue weighted by atomic mass is 32.2. The van der Waals surface area contributed by atoms with E-state index in [0.29, 0.717) is 6.92 Å². The van der Waals surface area contributed by atoms with Gasteiger partial charge < -0.3 is 10.4 Å². The molecule has 0 radical (unpaired) electrons. The third kappa shape index (κ3) is 3.57. The summed E-state index contributed by atoms with van der Waals surface area (Å²) in [5.41, 5.74) is -3.37. The number of benzene rings is 1. The van der Waals surface area contributed by atoms with E-state index in [1.54, 1.807) is 0 Å². The molecule has 1 aromatic carbocycles. The summed E-state index contributed by atoms with van der Waals surface area (Å²) in [6.07, 6.45) is -5.14. The van der Waals surface area contributed by atoms with Gasteiger partial charge >= 0.3 is 6.18 Å². The molecule has 124 valence electrons. The third-order valence-corrected chi connectivity index (χ3v) is 4.43. The highest BCUT2D eigenvalue weighted by molar-refractivity contribution is 7.89. The van der Waals surface area contributed by atoms with E-state index in [-0.39, 0.29) is 16.1 Å². The molecular formula is C12H15F3N2O4S. The Labute approximate surface area is 125 Å². The van der Waals surface area contributed by atoms with Crippen molar-refractivity contribution in [1.82, 2.24) is 4.72 Å². The van der Waals surface area contributed by atoms with Crippen molar-refractivity contribution < 1.29 is 31.5 Å². The molecule has 0 fully saturated rings. The van der Waals surface area contributed by atoms with E-state index in [9.17, 15) is 31.5 Å². The lowest BCUT2D eigenvalue weighted by molar-refractivity contribution is -0.242. The van der Waals surface area contributed by atoms with Crippen molar-refractivity contribution in [2.45, 2.75) is 30.5 Å². The van der Waals surface area contributed by atoms with Crippen LogP contribution in [0.4, 0.5) is 18.9 Å². The van der Waals surface area contributed by atoms with Crippen LogP contribution >= 0.6 is 0 Å². The molecule has 0 aromatic heterocycles. The summed E-state index contributed by atoms with van der Waals surface area (Å²) in [6, 6.07) is 3.45. The fourth-order valence-corrected chi connectivity index (χ4v) is 2.25. The van der Waals surface area contributed by atoms with Gasteiger partial charge in [0.2, 0.25) is 15.6 Å². The highest BCUT2D eigenvalue weighted by Gasteiger charge is 2.55. The van der Waals surface area contributed by atoms with E-state index in [1.165, 1.54) is 20.0 Å². The van der Waals surface area contributed by atoms with Crippen molar-refractivity contribution in [3.05, 3.63) is 23.8 Å². The number of alkyl halides is 3. The van der Waals surface area contributed by atoms with Gasteiger partial charge in [-0.1, -0.05) is 0 Å². The molecule has 0 aliphatic carbocycles. The number of amides is 1. The molecule has 10 heteroatoms. The standard InChI is InChI=1S/C12H15F3N2O4S/c1-7-6-8(22(20,21)16-3)4-5-9(7)17-10(18)11(2,19)12(13,14)15/h4-6,16,19H,1-3H3,(H,17,18). The van der Waals surface area contributed by atoms with Gasteiger partial charge in [-0.15, -0.1) is 0 Å². The van der Waals surface area contributed by atoms with Gasteiger partial charge in [0, 0.05) is 5.69 Å². The molecule has 0 saturated carbocycles. The molecule has 0 bridgehead atoms. The van der Waals surface area contributed by atoms with Gasteiger partial charge in [-0.25, -0.2) is 13.1 Å². The molecule has 1 atom stereocenters. The first kappa shape index (κ1) is 18.4. The molecule has 1 unspecified atom stereocenters. The Hall–Kier alpha value is -1.65. The highest BCUT2D eigenvalue weighted by Crippen LogP contribution is 2.31. The molecule has 1 aromatic rings. The Bertz CT molecular complexity index is 684. The molecule has 0 saturated heterocycles. The van der Waals surface area contributed by atoms with Crippen molar-refractivity contribution in [2.24, 2.45) is 0 Å². The van der Waals surface area contributed by atoms with Gasteiger partial charge in [0.05, 0.1) is 4.90 Å². The van der Waals surface area contributed by atoms with Crippen molar-refractivity contribution >= 4 is 21.6 Å². The number of anilines is 1. The lowest BCUT2D eigenvalue weighted by atomic mass is 10.1. The van der Waals surface area contributed by atoms with E-state index >= 15 is 0 Å². The number of rotatable bonds is 4. The van der Waals surface area contributed by atoms with Crippen LogP contribution in [0.2, 0.25) is 0 Å². The maximum Gasteiger partial charge on any atom is 0.426 e. The maximum atomic E-state index is 12.6. The Morgan fingerprint density at radius 3 is 2.23 bits per heavy atom. The zero-order valence-corrected chi connectivity index (χ0v) is 12.8. The second-order valence-corrected chi connectivity index (χ2v) is 6.59. The lowest BCUT2D eigenvalue weighted by Crippen LogP contribution is -2.52. The largest absolute Gasteiger partial charge is 0.426 e. The van der Waals surface area contributed by atoms with E-state index in [2.05, 4.69) is 4.72 Å². The minimum atomic E-state index is -5.14. The first-order valence-corrected chi connectivity index (χ1v) is 7.46. The van der Waals surface area contributed by atoms with Crippen LogP contribution in [0.3, 0.4) is 0 Å². The van der Waals surface area contributed by atoms with E-state index in [0.717, 1.165) is 12.1 Å². The Morgan fingerprint density at radius 1 is 1.27 bits per heavy atom. The van der Waals surface area contributed by atoms with Gasteiger partial charge in [-0.3, -0.25) is 4.79 Å². The van der Waals surface area contributed by atoms with Gasteiger partial charge in [-0.05, 0) is 44.7 Å². The Balaban J connectivity index is 3.09. The van der Waals surface area contributed by atoms with Crippen LogP contribution in [0, 0.1) is 6.92 Å². The molecule has 22 heavy (non-hydrogen) atoms. The van der Waals surface area contributed by atoms with Crippen LogP contribution < -0.4 is 10.0 Å². The first-order chi connectivity index (χ1) is 9.83. The summed E-state index contributed by atoms with van der Waals surface area (Å²) in [5, 5.41) is 11.2. The number of nitrogens with one attached hydrogen (secondary N) is 2. The first-order valence-electron chi connectivity index (χ1n) is 5.97. The second-order valence-electron chi connectivity index (χ2n) is 4.71. The van der Waals surface area contributed by atoms with Crippen molar-refractivity contribution in [3.63, 3.8) is 0 Å². The smallest absolute Gasteiger partial charge is 0.373 e. The number of carbonyl (C=O) groups excluding carboxylic acids is 1. The molecule has 6 nitrogen and oxygen atoms in total. The van der Waals surface area contributed by atoms with Crippen LogP contribution in [0.25, 0.3) is 0 Å². The van der Waals surface area contributed by atoms with Gasteiger partial charge in [0.1, 0.15) is 0 Å². The summed E-state index contributed by atoms with van der Waals surface area (Å²) in [5.74, 6) is -1.66. The number of carbonyl (C=O) groups is 1. The monoisotopic (exact) mass is 340 g/mol. The summed E-state index contributed by atoms with van der Waals surface area (Å²) in [6.45, 7) is 1.74. The summed E-state index contributed by atoms with van der Waals surface area (Å²) >= 11 is 0. The van der Waals surface area contributed by atoms with Crippen LogP contribution in [-0.4, -0.2) is 38.3 Å². The van der Waals surface area contributed by atoms with Gasteiger partial charge in [-0.2, -0.15) is 13.2 Å². The third-order valence-electron chi connectivity index (χ3n) is 3.02. The SMILES string of the molecule is CNS(=O)(=O)c1ccc(NC(=O)C(C)(O)C(F)(F)F)c(C)c1. The van der Waals surface area contributed by atoms with Crippen LogP contribution in [-0.2, 0) is 14.8 Å². The van der Waals surface area contributed by atoms with E-state index in [4.69, 9.17) is 0 Å². The number of halogens is 3. The topological polar surface area (TPSA) is 95.5 Å². The fraction of sp³-hybridized carbons (Fsp3) is 0.417. The summed E-state index contributed by atoms with van der Waals surface area (Å²) < 4.78 is 62.9. The number of hydrogen-bond donors (Lipinski definition) is 3. The molecule has 1 amide bonds. The number of aliphatic hydroxyl groups is 1. The molecule has 1 rings (SSSR count). The maximum absolute atomic E-state index is 12.6. The van der Waals surface area contributed by atoms with E-state index < -0.39 is 27.7 Å². The average molecular weight is 340 g/mol. The van der Waals surface area contributed by atoms with Crippen LogP contribution in [0.5, 0.6) is 0 Å². The van der Waals surface area contributed by atoms with Crippen molar-refractivity contribution in [3.8, 4) is 0 Å². The van der Waals surface area contributed by atoms with E-state index in [1.807, 2.05) is 5.32 Å². The predicted molar refractivity (Wildman–Crippen MR) is 72.7 cm³/mol. The van der Waals surface area contributed by atoms with Crippen LogP contribution in [0.1, 0.15) is 12.5 Å². The zero-order chi connectivity index (χ0) is 17.3. The van der Waals surface area contributed by atoms with Crippen molar-refractivity contribution in [2.75, 3.05) is 12.4 Å². The molecular weight excluding hydrogens is 325 g/mol. The number of aryl methyl sites for hydroxylation is 1. The molecule has 0 aliphatic rings. The number of sulfonamides is 1. The normalized spacial score (nSPS) is 15.2. The zero-order valence-electron chi connectivity index (χ0n) is 11.9. The molecule has 0 heterocycles. The van der Waals surface area contributed by atoms with Crippen molar-refractivity contribution in [1.29, 1.82) is 0 Å². The van der Waals surface area contributed by atoms with Gasteiger partial charge in [0.25, 0.3) is 5.91 Å². The molecule has 0 aliphatic heterocycles. The lowest BCUT2D eigenvalue weighted by Gasteiger charge is -2.25. The number of hydrogen-bond acceptors (Lipinski definition) is 4. The molecule has 3 N–H and O–H groups in total. The molecule has 0 spiro atoms. The quantitative estimate of drug-likeness (QED) is 0.766. The second kappa shape index (κ2) is 5.86. The minimum absolute atomic E-state index is 0.0374.